The topological polar surface area (TPSA) is 51.2 Å². The lowest BCUT2D eigenvalue weighted by atomic mass is 10.1. The first-order chi connectivity index (χ1) is 13.2. The number of ether oxygens (including phenoxy) is 1. The number of amides is 1. The van der Waals surface area contributed by atoms with E-state index in [1.165, 1.54) is 30.3 Å². The Morgan fingerprint density at radius 3 is 2.46 bits per heavy atom. The minimum atomic E-state index is -4.53. The highest BCUT2D eigenvalue weighted by Crippen LogP contribution is 2.38. The molecular formula is C21H17F3N2O2. The van der Waals surface area contributed by atoms with Crippen LogP contribution in [0.3, 0.4) is 0 Å². The van der Waals surface area contributed by atoms with Crippen molar-refractivity contribution in [3.8, 4) is 11.5 Å². The molecule has 2 aromatic carbocycles. The first kappa shape index (κ1) is 19.4. The number of nitrogens with one attached hydrogen (secondary N) is 1. The van der Waals surface area contributed by atoms with Crippen LogP contribution in [0, 0.1) is 13.8 Å². The minimum absolute atomic E-state index is 0.174. The number of para-hydroxylation sites is 1. The van der Waals surface area contributed by atoms with Gasteiger partial charge in [-0.15, -0.1) is 0 Å². The Balaban J connectivity index is 1.81. The summed E-state index contributed by atoms with van der Waals surface area (Å²) in [7, 11) is 0. The molecule has 1 aromatic heterocycles. The summed E-state index contributed by atoms with van der Waals surface area (Å²) in [5.74, 6) is -0.497. The number of halogens is 3. The van der Waals surface area contributed by atoms with Gasteiger partial charge in [-0.3, -0.25) is 9.78 Å². The fourth-order valence-electron chi connectivity index (χ4n) is 2.68. The van der Waals surface area contributed by atoms with Crippen LogP contribution in [0.25, 0.3) is 0 Å². The number of carbonyl (C=O) groups excluding carboxylic acids is 1. The van der Waals surface area contributed by atoms with Gasteiger partial charge in [0.1, 0.15) is 11.5 Å². The molecule has 0 aliphatic rings. The molecule has 1 heterocycles. The number of pyridine rings is 1. The predicted molar refractivity (Wildman–Crippen MR) is 99.6 cm³/mol. The van der Waals surface area contributed by atoms with E-state index in [2.05, 4.69) is 10.3 Å². The van der Waals surface area contributed by atoms with Gasteiger partial charge < -0.3 is 10.1 Å². The van der Waals surface area contributed by atoms with Crippen LogP contribution in [0.1, 0.15) is 27.3 Å². The standard InChI is InChI=1S/C21H17F3N2O2/c1-13-10-11-17(14(2)25-13)20(27)26-15-6-5-7-16(12-15)28-19-9-4-3-8-18(19)21(22,23)24/h3-12H,1-2H3,(H,26,27). The van der Waals surface area contributed by atoms with Crippen LogP contribution in [0.2, 0.25) is 0 Å². The summed E-state index contributed by atoms with van der Waals surface area (Å²) in [5.41, 5.74) is 1.33. The number of aryl methyl sites for hydroxylation is 2. The Morgan fingerprint density at radius 2 is 1.75 bits per heavy atom. The summed E-state index contributed by atoms with van der Waals surface area (Å²) in [6.07, 6.45) is -4.53. The predicted octanol–water partition coefficient (Wildman–Crippen LogP) is 5.76. The summed E-state index contributed by atoms with van der Waals surface area (Å²) in [6.45, 7) is 3.56. The monoisotopic (exact) mass is 386 g/mol. The molecule has 0 atom stereocenters. The lowest BCUT2D eigenvalue weighted by Gasteiger charge is -2.14. The fourth-order valence-corrected chi connectivity index (χ4v) is 2.68. The first-order valence-electron chi connectivity index (χ1n) is 8.44. The highest BCUT2D eigenvalue weighted by molar-refractivity contribution is 6.05. The zero-order valence-electron chi connectivity index (χ0n) is 15.2. The molecule has 0 unspecified atom stereocenters. The Kier molecular flexibility index (Phi) is 5.35. The quantitative estimate of drug-likeness (QED) is 0.620. The van der Waals surface area contributed by atoms with Crippen LogP contribution in [0.15, 0.2) is 60.7 Å². The molecule has 0 aliphatic heterocycles. The highest BCUT2D eigenvalue weighted by atomic mass is 19.4. The number of nitrogens with zero attached hydrogens (tertiary/aromatic N) is 1. The van der Waals surface area contributed by atoms with Crippen molar-refractivity contribution in [1.82, 2.24) is 4.98 Å². The number of anilines is 1. The Hall–Kier alpha value is -3.35. The van der Waals surface area contributed by atoms with Crippen molar-refractivity contribution in [3.05, 3.63) is 83.2 Å². The normalized spacial score (nSPS) is 11.2. The summed E-state index contributed by atoms with van der Waals surface area (Å²) in [4.78, 5) is 16.7. The van der Waals surface area contributed by atoms with Gasteiger partial charge in [0.15, 0.2) is 0 Å². The van der Waals surface area contributed by atoms with Gasteiger partial charge in [0.05, 0.1) is 16.8 Å². The average Bonchev–Trinajstić information content (AvgIpc) is 2.61. The summed E-state index contributed by atoms with van der Waals surface area (Å²) >= 11 is 0. The zero-order valence-corrected chi connectivity index (χ0v) is 15.2. The van der Waals surface area contributed by atoms with Crippen LogP contribution in [-0.2, 0) is 6.18 Å². The van der Waals surface area contributed by atoms with Gasteiger partial charge in [-0.1, -0.05) is 18.2 Å². The molecular weight excluding hydrogens is 369 g/mol. The highest BCUT2D eigenvalue weighted by Gasteiger charge is 2.34. The van der Waals surface area contributed by atoms with Gasteiger partial charge in [-0.25, -0.2) is 0 Å². The third kappa shape index (κ3) is 4.49. The van der Waals surface area contributed by atoms with E-state index in [0.717, 1.165) is 11.8 Å². The molecule has 0 aliphatic carbocycles. The van der Waals surface area contributed by atoms with Crippen molar-refractivity contribution in [2.75, 3.05) is 5.32 Å². The Bertz CT molecular complexity index is 1020. The van der Waals surface area contributed by atoms with Crippen LogP contribution in [-0.4, -0.2) is 10.9 Å². The van der Waals surface area contributed by atoms with Gasteiger partial charge >= 0.3 is 6.18 Å². The summed E-state index contributed by atoms with van der Waals surface area (Å²) in [6, 6.07) is 14.5. The van der Waals surface area contributed by atoms with Crippen molar-refractivity contribution in [3.63, 3.8) is 0 Å². The van der Waals surface area contributed by atoms with Crippen LogP contribution in [0.4, 0.5) is 18.9 Å². The molecule has 1 amide bonds. The molecule has 0 bridgehead atoms. The van der Waals surface area contributed by atoms with Gasteiger partial charge in [0.2, 0.25) is 0 Å². The summed E-state index contributed by atoms with van der Waals surface area (Å²) in [5, 5.41) is 2.71. The van der Waals surface area contributed by atoms with E-state index >= 15 is 0 Å². The third-order valence-corrected chi connectivity index (χ3v) is 3.98. The molecule has 0 spiro atoms. The van der Waals surface area contributed by atoms with Crippen molar-refractivity contribution >= 4 is 11.6 Å². The molecule has 4 nitrogen and oxygen atoms in total. The van der Waals surface area contributed by atoms with Gasteiger partial charge in [-0.05, 0) is 50.2 Å². The molecule has 7 heteroatoms. The number of benzene rings is 2. The SMILES string of the molecule is Cc1ccc(C(=O)Nc2cccc(Oc3ccccc3C(F)(F)F)c2)c(C)n1. The molecule has 3 rings (SSSR count). The first-order valence-corrected chi connectivity index (χ1v) is 8.44. The number of hydrogen-bond donors (Lipinski definition) is 1. The molecule has 28 heavy (non-hydrogen) atoms. The number of aromatic nitrogens is 1. The van der Waals surface area contributed by atoms with Gasteiger partial charge in [0, 0.05) is 17.4 Å². The van der Waals surface area contributed by atoms with Crippen LogP contribution < -0.4 is 10.1 Å². The van der Waals surface area contributed by atoms with Crippen molar-refractivity contribution < 1.29 is 22.7 Å². The maximum absolute atomic E-state index is 13.1. The largest absolute Gasteiger partial charge is 0.457 e. The van der Waals surface area contributed by atoms with E-state index in [-0.39, 0.29) is 17.4 Å². The fraction of sp³-hybridized carbons (Fsp3) is 0.143. The van der Waals surface area contributed by atoms with Crippen molar-refractivity contribution in [1.29, 1.82) is 0 Å². The second kappa shape index (κ2) is 7.72. The van der Waals surface area contributed by atoms with Crippen LogP contribution >= 0.6 is 0 Å². The lowest BCUT2D eigenvalue weighted by Crippen LogP contribution is -2.14. The molecule has 0 saturated heterocycles. The van der Waals surface area contributed by atoms with E-state index in [4.69, 9.17) is 4.74 Å². The maximum Gasteiger partial charge on any atom is 0.419 e. The van der Waals surface area contributed by atoms with Gasteiger partial charge in [0.25, 0.3) is 5.91 Å². The number of alkyl halides is 3. The number of hydrogen-bond acceptors (Lipinski definition) is 3. The average molecular weight is 386 g/mol. The molecule has 0 radical (unpaired) electrons. The molecule has 3 aromatic rings. The lowest BCUT2D eigenvalue weighted by molar-refractivity contribution is -0.138. The van der Waals surface area contributed by atoms with E-state index in [0.29, 0.717) is 16.9 Å². The Morgan fingerprint density at radius 1 is 1.00 bits per heavy atom. The third-order valence-electron chi connectivity index (χ3n) is 3.98. The second-order valence-electron chi connectivity index (χ2n) is 6.16. The van der Waals surface area contributed by atoms with Crippen LogP contribution in [0.5, 0.6) is 11.5 Å². The molecule has 0 fully saturated rings. The van der Waals surface area contributed by atoms with Gasteiger partial charge in [-0.2, -0.15) is 13.2 Å². The molecule has 144 valence electrons. The Labute approximate surface area is 160 Å². The molecule has 1 N–H and O–H groups in total. The van der Waals surface area contributed by atoms with Crippen molar-refractivity contribution in [2.24, 2.45) is 0 Å². The minimum Gasteiger partial charge on any atom is -0.457 e. The zero-order chi connectivity index (χ0) is 20.3. The second-order valence-corrected chi connectivity index (χ2v) is 6.16. The van der Waals surface area contributed by atoms with E-state index < -0.39 is 11.7 Å². The van der Waals surface area contributed by atoms with E-state index in [1.54, 1.807) is 31.2 Å². The van der Waals surface area contributed by atoms with E-state index in [9.17, 15) is 18.0 Å². The molecule has 0 saturated carbocycles. The maximum atomic E-state index is 13.1. The smallest absolute Gasteiger partial charge is 0.419 e. The van der Waals surface area contributed by atoms with E-state index in [1.807, 2.05) is 6.92 Å². The summed E-state index contributed by atoms with van der Waals surface area (Å²) < 4.78 is 44.8. The number of rotatable bonds is 4. The van der Waals surface area contributed by atoms with Crippen molar-refractivity contribution in [2.45, 2.75) is 20.0 Å². The number of carbonyl (C=O) groups is 1.